The second-order valence-corrected chi connectivity index (χ2v) is 7.52. The number of benzene rings is 1. The average molecular weight is 338 g/mol. The molecule has 0 N–H and O–H groups in total. The van der Waals surface area contributed by atoms with Crippen molar-refractivity contribution in [2.24, 2.45) is 5.92 Å². The highest BCUT2D eigenvalue weighted by Gasteiger charge is 2.29. The standard InChI is InChI=1S/C13H14ClF2NO3S/c1-2-17(7-8-3-4-8)13(18)9-5-12(21(14,19)20)11(16)6-10(9)15/h5-6,8H,2-4,7H2,1H3. The lowest BCUT2D eigenvalue weighted by Crippen LogP contribution is -2.33. The molecule has 0 saturated heterocycles. The third-order valence-corrected chi connectivity index (χ3v) is 4.70. The largest absolute Gasteiger partial charge is 0.339 e. The summed E-state index contributed by atoms with van der Waals surface area (Å²) in [4.78, 5) is 12.8. The van der Waals surface area contributed by atoms with Crippen LogP contribution in [0.1, 0.15) is 30.1 Å². The fourth-order valence-corrected chi connectivity index (χ4v) is 2.92. The smallest absolute Gasteiger partial charge is 0.264 e. The van der Waals surface area contributed by atoms with Gasteiger partial charge < -0.3 is 4.90 Å². The minimum atomic E-state index is -4.39. The zero-order valence-electron chi connectivity index (χ0n) is 11.3. The van der Waals surface area contributed by atoms with Crippen LogP contribution in [0.2, 0.25) is 0 Å². The van der Waals surface area contributed by atoms with Gasteiger partial charge in [-0.2, -0.15) is 0 Å². The van der Waals surface area contributed by atoms with Crippen molar-refractivity contribution < 1.29 is 22.0 Å². The molecule has 0 aromatic heterocycles. The van der Waals surface area contributed by atoms with Crippen molar-refractivity contribution in [1.29, 1.82) is 0 Å². The van der Waals surface area contributed by atoms with Gasteiger partial charge in [-0.05, 0) is 31.7 Å². The second-order valence-electron chi connectivity index (χ2n) is 4.99. The van der Waals surface area contributed by atoms with E-state index in [2.05, 4.69) is 0 Å². The van der Waals surface area contributed by atoms with E-state index < -0.39 is 37.1 Å². The van der Waals surface area contributed by atoms with Gasteiger partial charge in [-0.15, -0.1) is 0 Å². The molecule has 0 spiro atoms. The van der Waals surface area contributed by atoms with Crippen LogP contribution < -0.4 is 0 Å². The Morgan fingerprint density at radius 3 is 2.43 bits per heavy atom. The monoisotopic (exact) mass is 337 g/mol. The Balaban J connectivity index is 2.39. The molecule has 1 amide bonds. The number of hydrogen-bond donors (Lipinski definition) is 0. The molecular weight excluding hydrogens is 324 g/mol. The number of halogens is 3. The van der Waals surface area contributed by atoms with Gasteiger partial charge in [-0.25, -0.2) is 17.2 Å². The summed E-state index contributed by atoms with van der Waals surface area (Å²) >= 11 is 0. The summed E-state index contributed by atoms with van der Waals surface area (Å²) in [5.74, 6) is -2.68. The predicted octanol–water partition coefficient (Wildman–Crippen LogP) is 2.76. The molecule has 2 rings (SSSR count). The van der Waals surface area contributed by atoms with E-state index in [0.29, 0.717) is 31.1 Å². The van der Waals surface area contributed by atoms with Crippen LogP contribution >= 0.6 is 10.7 Å². The van der Waals surface area contributed by atoms with Crippen LogP contribution in [-0.2, 0) is 9.05 Å². The maximum Gasteiger partial charge on any atom is 0.264 e. The van der Waals surface area contributed by atoms with E-state index in [4.69, 9.17) is 10.7 Å². The first-order valence-electron chi connectivity index (χ1n) is 6.47. The molecule has 0 aliphatic heterocycles. The quantitative estimate of drug-likeness (QED) is 0.776. The molecule has 1 fully saturated rings. The summed E-state index contributed by atoms with van der Waals surface area (Å²) in [6, 6.07) is 1.03. The van der Waals surface area contributed by atoms with Crippen molar-refractivity contribution in [3.8, 4) is 0 Å². The van der Waals surface area contributed by atoms with Crippen LogP contribution in [0.4, 0.5) is 8.78 Å². The fourth-order valence-electron chi connectivity index (χ4n) is 2.02. The van der Waals surface area contributed by atoms with Crippen LogP contribution in [0.25, 0.3) is 0 Å². The fraction of sp³-hybridized carbons (Fsp3) is 0.462. The molecule has 0 unspecified atom stereocenters. The summed E-state index contributed by atoms with van der Waals surface area (Å²) in [6.45, 7) is 2.57. The number of amides is 1. The first-order valence-corrected chi connectivity index (χ1v) is 8.78. The Kier molecular flexibility index (Phi) is 4.53. The third-order valence-electron chi connectivity index (χ3n) is 3.36. The number of nitrogens with zero attached hydrogens (tertiary/aromatic N) is 1. The van der Waals surface area contributed by atoms with Crippen molar-refractivity contribution in [3.63, 3.8) is 0 Å². The van der Waals surface area contributed by atoms with Crippen LogP contribution in [0.3, 0.4) is 0 Å². The highest BCUT2D eigenvalue weighted by atomic mass is 35.7. The average Bonchev–Trinajstić information content (AvgIpc) is 3.17. The van der Waals surface area contributed by atoms with Crippen LogP contribution in [0, 0.1) is 17.6 Å². The van der Waals surface area contributed by atoms with Gasteiger partial charge in [0.25, 0.3) is 15.0 Å². The van der Waals surface area contributed by atoms with Crippen molar-refractivity contribution >= 4 is 25.6 Å². The maximum absolute atomic E-state index is 13.8. The highest BCUT2D eigenvalue weighted by molar-refractivity contribution is 8.13. The van der Waals surface area contributed by atoms with Gasteiger partial charge in [-0.1, -0.05) is 0 Å². The first-order chi connectivity index (χ1) is 9.74. The van der Waals surface area contributed by atoms with E-state index >= 15 is 0 Å². The Hall–Kier alpha value is -1.21. The molecule has 1 aliphatic rings. The first kappa shape index (κ1) is 16.2. The van der Waals surface area contributed by atoms with Gasteiger partial charge in [0.15, 0.2) is 0 Å². The van der Waals surface area contributed by atoms with E-state index in [-0.39, 0.29) is 0 Å². The lowest BCUT2D eigenvalue weighted by molar-refractivity contribution is 0.0751. The van der Waals surface area contributed by atoms with Gasteiger partial charge in [0.2, 0.25) is 0 Å². The van der Waals surface area contributed by atoms with E-state index in [9.17, 15) is 22.0 Å². The van der Waals surface area contributed by atoms with Gasteiger partial charge in [0.1, 0.15) is 16.5 Å². The maximum atomic E-state index is 13.8. The zero-order chi connectivity index (χ0) is 15.8. The molecule has 0 heterocycles. The molecule has 1 saturated carbocycles. The topological polar surface area (TPSA) is 54.5 Å². The summed E-state index contributed by atoms with van der Waals surface area (Å²) in [6.07, 6.45) is 2.02. The summed E-state index contributed by atoms with van der Waals surface area (Å²) in [5.41, 5.74) is -0.488. The molecule has 8 heteroatoms. The minimum Gasteiger partial charge on any atom is -0.339 e. The molecule has 1 aromatic carbocycles. The van der Waals surface area contributed by atoms with Crippen molar-refractivity contribution in [3.05, 3.63) is 29.3 Å². The van der Waals surface area contributed by atoms with Crippen LogP contribution in [0.15, 0.2) is 17.0 Å². The highest BCUT2D eigenvalue weighted by Crippen LogP contribution is 2.30. The lowest BCUT2D eigenvalue weighted by Gasteiger charge is -2.21. The minimum absolute atomic E-state index is 0.356. The number of carbonyl (C=O) groups excluding carboxylic acids is 1. The molecular formula is C13H14ClF2NO3S. The Morgan fingerprint density at radius 1 is 1.33 bits per heavy atom. The van der Waals surface area contributed by atoms with Crippen molar-refractivity contribution in [1.82, 2.24) is 4.90 Å². The van der Waals surface area contributed by atoms with Crippen molar-refractivity contribution in [2.75, 3.05) is 13.1 Å². The normalized spacial score (nSPS) is 15.0. The molecule has 0 bridgehead atoms. The molecule has 0 radical (unpaired) electrons. The Morgan fingerprint density at radius 2 is 1.95 bits per heavy atom. The SMILES string of the molecule is CCN(CC1CC1)C(=O)c1cc(S(=O)(=O)Cl)c(F)cc1F. The van der Waals surface area contributed by atoms with E-state index in [0.717, 1.165) is 12.8 Å². The van der Waals surface area contributed by atoms with Gasteiger partial charge in [0.05, 0.1) is 5.56 Å². The van der Waals surface area contributed by atoms with Crippen LogP contribution in [-0.4, -0.2) is 32.3 Å². The van der Waals surface area contributed by atoms with E-state index in [1.165, 1.54) is 4.90 Å². The summed E-state index contributed by atoms with van der Waals surface area (Å²) in [7, 11) is 0.696. The number of carbonyl (C=O) groups is 1. The molecule has 0 atom stereocenters. The van der Waals surface area contributed by atoms with E-state index in [1.807, 2.05) is 0 Å². The lowest BCUT2D eigenvalue weighted by atomic mass is 10.1. The van der Waals surface area contributed by atoms with Gasteiger partial charge in [0, 0.05) is 29.8 Å². The third kappa shape index (κ3) is 3.71. The second kappa shape index (κ2) is 5.88. The molecule has 1 aliphatic carbocycles. The number of hydrogen-bond acceptors (Lipinski definition) is 3. The van der Waals surface area contributed by atoms with Gasteiger partial charge >= 0.3 is 0 Å². The van der Waals surface area contributed by atoms with Gasteiger partial charge in [-0.3, -0.25) is 4.79 Å². The predicted molar refractivity (Wildman–Crippen MR) is 73.7 cm³/mol. The summed E-state index contributed by atoms with van der Waals surface area (Å²) < 4.78 is 49.7. The Labute approximate surface area is 126 Å². The Bertz CT molecular complexity index is 674. The van der Waals surface area contributed by atoms with Crippen molar-refractivity contribution in [2.45, 2.75) is 24.7 Å². The van der Waals surface area contributed by atoms with Crippen LogP contribution in [0.5, 0.6) is 0 Å². The summed E-state index contributed by atoms with van der Waals surface area (Å²) in [5, 5.41) is 0. The zero-order valence-corrected chi connectivity index (χ0v) is 12.8. The van der Waals surface area contributed by atoms with E-state index in [1.54, 1.807) is 6.92 Å². The number of rotatable bonds is 5. The molecule has 1 aromatic rings. The molecule has 21 heavy (non-hydrogen) atoms. The molecule has 4 nitrogen and oxygen atoms in total. The molecule has 116 valence electrons.